The SMILES string of the molecule is CCC.COC1=C(c2cc(C(C)C)cc(C(C)C)c2)C2CC(C)C([Si](C)(C)C3C(C)CC4C(c5cc(C(C)C)cc(C(C)C)c5)=C(C)C(C(C)(C)C)=CC43)C2C=C1C(C)(C)C. The van der Waals surface area contributed by atoms with Gasteiger partial charge in [-0.25, -0.2) is 0 Å². The maximum atomic E-state index is 6.61. The summed E-state index contributed by atoms with van der Waals surface area (Å²) in [5, 5.41) is 0. The van der Waals surface area contributed by atoms with Crippen molar-refractivity contribution in [3.63, 3.8) is 0 Å². The third-order valence-electron chi connectivity index (χ3n) is 15.8. The van der Waals surface area contributed by atoms with E-state index in [4.69, 9.17) is 4.74 Å². The molecular formula is C59H92OSi. The van der Waals surface area contributed by atoms with Gasteiger partial charge in [0.2, 0.25) is 0 Å². The van der Waals surface area contributed by atoms with Crippen molar-refractivity contribution in [2.75, 3.05) is 7.11 Å². The number of fused-ring (bicyclic) bond motifs is 2. The lowest BCUT2D eigenvalue weighted by atomic mass is 9.69. The van der Waals surface area contributed by atoms with Crippen LogP contribution < -0.4 is 0 Å². The summed E-state index contributed by atoms with van der Waals surface area (Å²) in [6.07, 6.45) is 9.43. The quantitative estimate of drug-likeness (QED) is 0.229. The molecule has 6 rings (SSSR count). The summed E-state index contributed by atoms with van der Waals surface area (Å²) in [7, 11) is -0.0223. The van der Waals surface area contributed by atoms with Gasteiger partial charge in [0.15, 0.2) is 0 Å². The fourth-order valence-electron chi connectivity index (χ4n) is 13.1. The standard InChI is InChI=1S/C56H84OSi.C3H8/c1-31(2)38-23-39(32(3)4)26-42(25-38)50-37(11)48(55(12,13)14)29-46-44(50)21-35(9)53(46)58(19,20)54-36(10)22-45-47(54)30-49(56(15,16)17)52(57-18)51(45)43-27-40(33(5)6)24-41(28-43)34(7)8;1-3-2/h23-36,44-47,53-54H,21-22H2,1-20H3;3H2,1-2H3. The predicted molar refractivity (Wildman–Crippen MR) is 273 cm³/mol. The molecule has 0 saturated heterocycles. The second kappa shape index (κ2) is 18.5. The highest BCUT2D eigenvalue weighted by atomic mass is 28.3. The van der Waals surface area contributed by atoms with Crippen LogP contribution in [0.15, 0.2) is 71.0 Å². The van der Waals surface area contributed by atoms with Crippen molar-refractivity contribution in [2.45, 2.75) is 199 Å². The Labute approximate surface area is 378 Å². The summed E-state index contributed by atoms with van der Waals surface area (Å²) >= 11 is 0. The minimum atomic E-state index is -1.96. The molecule has 0 bridgehead atoms. The van der Waals surface area contributed by atoms with E-state index in [1.54, 1.807) is 16.7 Å². The molecule has 0 radical (unpaired) electrons. The maximum Gasteiger partial charge on any atom is 0.126 e. The summed E-state index contributed by atoms with van der Waals surface area (Å²) in [6.45, 7) is 51.3. The lowest BCUT2D eigenvalue weighted by molar-refractivity contribution is 0.274. The van der Waals surface area contributed by atoms with Crippen LogP contribution >= 0.6 is 0 Å². The molecule has 2 heteroatoms. The molecule has 0 N–H and O–H groups in total. The van der Waals surface area contributed by atoms with Crippen LogP contribution in [0.3, 0.4) is 0 Å². The Morgan fingerprint density at radius 3 is 1.23 bits per heavy atom. The average molecular weight is 845 g/mol. The zero-order chi connectivity index (χ0) is 45.8. The van der Waals surface area contributed by atoms with E-state index >= 15 is 0 Å². The van der Waals surface area contributed by atoms with Gasteiger partial charge in [-0.3, -0.25) is 0 Å². The van der Waals surface area contributed by atoms with Crippen LogP contribution in [0, 0.1) is 46.3 Å². The molecule has 338 valence electrons. The van der Waals surface area contributed by atoms with Gasteiger partial charge >= 0.3 is 0 Å². The first-order valence-corrected chi connectivity index (χ1v) is 28.1. The van der Waals surface area contributed by atoms with E-state index in [1.165, 1.54) is 63.8 Å². The average Bonchev–Trinajstić information content (AvgIpc) is 3.68. The molecule has 61 heavy (non-hydrogen) atoms. The number of hydrogen-bond donors (Lipinski definition) is 0. The van der Waals surface area contributed by atoms with E-state index in [0.29, 0.717) is 64.7 Å². The minimum absolute atomic E-state index is 0.0176. The molecule has 2 aromatic carbocycles. The van der Waals surface area contributed by atoms with Crippen LogP contribution in [0.25, 0.3) is 11.1 Å². The molecule has 8 unspecified atom stereocenters. The van der Waals surface area contributed by atoms with E-state index in [9.17, 15) is 0 Å². The summed E-state index contributed by atoms with van der Waals surface area (Å²) in [6, 6.07) is 15.2. The third-order valence-corrected chi connectivity index (χ3v) is 21.1. The van der Waals surface area contributed by atoms with Gasteiger partial charge < -0.3 is 4.74 Å². The first kappa shape index (κ1) is 49.4. The van der Waals surface area contributed by atoms with Crippen LogP contribution in [0.4, 0.5) is 0 Å². The van der Waals surface area contributed by atoms with Crippen molar-refractivity contribution >= 4 is 19.2 Å². The molecule has 0 amide bonds. The van der Waals surface area contributed by atoms with Crippen molar-refractivity contribution in [1.29, 1.82) is 0 Å². The topological polar surface area (TPSA) is 9.23 Å². The zero-order valence-electron chi connectivity index (χ0n) is 43.6. The van der Waals surface area contributed by atoms with Crippen LogP contribution in [-0.4, -0.2) is 15.2 Å². The van der Waals surface area contributed by atoms with Crippen molar-refractivity contribution in [3.8, 4) is 0 Å². The monoisotopic (exact) mass is 845 g/mol. The summed E-state index contributed by atoms with van der Waals surface area (Å²) in [4.78, 5) is 0. The third kappa shape index (κ3) is 9.62. The van der Waals surface area contributed by atoms with Crippen molar-refractivity contribution < 1.29 is 4.74 Å². The summed E-state index contributed by atoms with van der Waals surface area (Å²) < 4.78 is 6.61. The second-order valence-corrected chi connectivity index (χ2v) is 29.4. The number of allylic oxidation sites excluding steroid dienone is 7. The van der Waals surface area contributed by atoms with Gasteiger partial charge in [-0.15, -0.1) is 0 Å². The maximum absolute atomic E-state index is 6.61. The zero-order valence-corrected chi connectivity index (χ0v) is 44.6. The molecule has 4 aliphatic carbocycles. The van der Waals surface area contributed by atoms with Crippen molar-refractivity contribution in [1.82, 2.24) is 0 Å². The van der Waals surface area contributed by atoms with Gasteiger partial charge in [0, 0.05) is 5.57 Å². The Morgan fingerprint density at radius 2 is 0.902 bits per heavy atom. The van der Waals surface area contributed by atoms with E-state index < -0.39 is 8.07 Å². The predicted octanol–water partition coefficient (Wildman–Crippen LogP) is 18.4. The van der Waals surface area contributed by atoms with Gasteiger partial charge in [0.1, 0.15) is 5.76 Å². The molecule has 0 aliphatic heterocycles. The van der Waals surface area contributed by atoms with Gasteiger partial charge in [-0.05, 0) is 157 Å². The van der Waals surface area contributed by atoms with Crippen molar-refractivity contribution in [2.24, 2.45) is 46.3 Å². The summed E-state index contributed by atoms with van der Waals surface area (Å²) in [5.74, 6) is 6.64. The molecule has 0 aromatic heterocycles. The highest BCUT2D eigenvalue weighted by Crippen LogP contribution is 2.67. The van der Waals surface area contributed by atoms with Crippen LogP contribution in [0.2, 0.25) is 24.2 Å². The van der Waals surface area contributed by atoms with E-state index in [0.717, 1.165) is 11.3 Å². The highest BCUT2D eigenvalue weighted by molar-refractivity contribution is 6.80. The lowest BCUT2D eigenvalue weighted by Gasteiger charge is -2.47. The highest BCUT2D eigenvalue weighted by Gasteiger charge is 2.59. The largest absolute Gasteiger partial charge is 0.496 e. The lowest BCUT2D eigenvalue weighted by Crippen LogP contribution is -2.46. The smallest absolute Gasteiger partial charge is 0.126 e. The molecular weight excluding hydrogens is 753 g/mol. The minimum Gasteiger partial charge on any atom is -0.496 e. The molecule has 8 atom stereocenters. The Kier molecular flexibility index (Phi) is 15.0. The first-order valence-electron chi connectivity index (χ1n) is 25.0. The Morgan fingerprint density at radius 1 is 0.574 bits per heavy atom. The fraction of sp³-hybridized carbons (Fsp3) is 0.661. The summed E-state index contributed by atoms with van der Waals surface area (Å²) in [5.41, 5.74) is 18.1. The Hall–Kier alpha value is -2.58. The number of ether oxygens (including phenoxy) is 1. The first-order chi connectivity index (χ1) is 28.2. The normalized spacial score (nSPS) is 27.1. The van der Waals surface area contributed by atoms with Crippen LogP contribution in [0.1, 0.15) is 208 Å². The van der Waals surface area contributed by atoms with Crippen LogP contribution in [0.5, 0.6) is 0 Å². The van der Waals surface area contributed by atoms with E-state index in [2.05, 4.69) is 193 Å². The van der Waals surface area contributed by atoms with Gasteiger partial charge in [-0.2, -0.15) is 0 Å². The number of benzene rings is 2. The van der Waals surface area contributed by atoms with Gasteiger partial charge in [-0.1, -0.05) is 193 Å². The molecule has 2 saturated carbocycles. The fourth-order valence-corrected chi connectivity index (χ4v) is 19.4. The Bertz CT molecular complexity index is 1960. The second-order valence-electron chi connectivity index (χ2n) is 24.4. The Balaban J connectivity index is 0.00000228. The van der Waals surface area contributed by atoms with Gasteiger partial charge in [0.25, 0.3) is 0 Å². The number of hydrogen-bond acceptors (Lipinski definition) is 1. The number of rotatable bonds is 9. The molecule has 0 heterocycles. The van der Waals surface area contributed by atoms with Crippen LogP contribution in [-0.2, 0) is 4.74 Å². The van der Waals surface area contributed by atoms with Gasteiger partial charge in [0.05, 0.1) is 15.2 Å². The van der Waals surface area contributed by atoms with E-state index in [1.807, 2.05) is 7.11 Å². The molecule has 4 aliphatic rings. The number of methoxy groups -OCH3 is 1. The molecule has 2 fully saturated rings. The molecule has 2 aromatic rings. The molecule has 1 nitrogen and oxygen atoms in total. The molecule has 0 spiro atoms. The van der Waals surface area contributed by atoms with Crippen molar-refractivity contribution in [3.05, 3.63) is 104 Å². The van der Waals surface area contributed by atoms with E-state index in [-0.39, 0.29) is 10.8 Å².